The molecule has 31 heavy (non-hydrogen) atoms. The number of amides is 1. The van der Waals surface area contributed by atoms with Crippen LogP contribution in [0.5, 0.6) is 0 Å². The molecule has 1 amide bonds. The van der Waals surface area contributed by atoms with Crippen molar-refractivity contribution in [2.75, 3.05) is 0 Å². The van der Waals surface area contributed by atoms with Gasteiger partial charge in [-0.3, -0.25) is 4.79 Å². The third-order valence-electron chi connectivity index (χ3n) is 4.76. The highest BCUT2D eigenvalue weighted by atomic mass is 32.2. The Labute approximate surface area is 188 Å². The Morgan fingerprint density at radius 2 is 1.90 bits per heavy atom. The summed E-state index contributed by atoms with van der Waals surface area (Å²) in [5, 5.41) is 15.8. The van der Waals surface area contributed by atoms with E-state index in [1.165, 1.54) is 18.4 Å². The molecule has 0 fully saturated rings. The fourth-order valence-corrected chi connectivity index (χ4v) is 4.75. The lowest BCUT2D eigenvalue weighted by Gasteiger charge is -2.05. The van der Waals surface area contributed by atoms with E-state index in [0.29, 0.717) is 11.3 Å². The second kappa shape index (κ2) is 9.84. The number of rotatable bonds is 9. The maximum atomic E-state index is 11.2. The number of thioether (sulfide) groups is 1. The Hall–Kier alpha value is -3.04. The van der Waals surface area contributed by atoms with Gasteiger partial charge in [0.2, 0.25) is 11.1 Å². The molecule has 2 N–H and O–H groups in total. The second-order valence-corrected chi connectivity index (χ2v) is 8.82. The van der Waals surface area contributed by atoms with Gasteiger partial charge in [0.15, 0.2) is 0 Å². The van der Waals surface area contributed by atoms with Gasteiger partial charge in [-0.05, 0) is 53.1 Å². The molecule has 0 saturated carbocycles. The van der Waals surface area contributed by atoms with Gasteiger partial charge in [0.25, 0.3) is 0 Å². The molecule has 2 heterocycles. The van der Waals surface area contributed by atoms with E-state index in [1.807, 2.05) is 17.5 Å². The molecule has 0 radical (unpaired) electrons. The van der Waals surface area contributed by atoms with Crippen molar-refractivity contribution in [2.45, 2.75) is 37.1 Å². The van der Waals surface area contributed by atoms with Gasteiger partial charge in [-0.15, -0.1) is 16.4 Å². The molecule has 0 aliphatic carbocycles. The van der Waals surface area contributed by atoms with Crippen LogP contribution in [-0.2, 0) is 12.2 Å². The first-order valence-electron chi connectivity index (χ1n) is 9.99. The summed E-state index contributed by atoms with van der Waals surface area (Å²) in [5.74, 6) is 0.223. The normalized spacial score (nSPS) is 11.0. The van der Waals surface area contributed by atoms with Crippen molar-refractivity contribution in [3.05, 3.63) is 70.7 Å². The van der Waals surface area contributed by atoms with Crippen LogP contribution in [0.2, 0.25) is 0 Å². The molecule has 2 aromatic heterocycles. The van der Waals surface area contributed by atoms with Gasteiger partial charge in [-0.25, -0.2) is 4.98 Å². The molecule has 2 aromatic carbocycles. The quantitative estimate of drug-likeness (QED) is 0.376. The van der Waals surface area contributed by atoms with Crippen LogP contribution in [0.25, 0.3) is 16.3 Å². The maximum absolute atomic E-state index is 11.2. The number of hydrogen-bond acceptors (Lipinski definition) is 7. The highest BCUT2D eigenvalue weighted by Crippen LogP contribution is 2.28. The van der Waals surface area contributed by atoms with E-state index in [-0.39, 0.29) is 0 Å². The Morgan fingerprint density at radius 3 is 2.61 bits per heavy atom. The van der Waals surface area contributed by atoms with Gasteiger partial charge in [0.1, 0.15) is 5.01 Å². The fraction of sp³-hybridized carbons (Fsp3) is 0.227. The number of nitrogens with zero attached hydrogens (tertiary/aromatic N) is 5. The van der Waals surface area contributed by atoms with Crippen molar-refractivity contribution in [3.8, 4) is 16.3 Å². The largest absolute Gasteiger partial charge is 0.366 e. The van der Waals surface area contributed by atoms with Crippen LogP contribution >= 0.6 is 23.1 Å². The molecule has 9 heteroatoms. The third kappa shape index (κ3) is 5.18. The Balaban J connectivity index is 1.42. The zero-order valence-electron chi connectivity index (χ0n) is 17.1. The number of carbonyl (C=O) groups excluding carboxylic acids is 1. The van der Waals surface area contributed by atoms with Crippen LogP contribution in [0.15, 0.2) is 59.1 Å². The number of thiazole rings is 1. The molecule has 0 saturated heterocycles. The van der Waals surface area contributed by atoms with E-state index in [9.17, 15) is 4.79 Å². The Kier molecular flexibility index (Phi) is 6.73. The predicted molar refractivity (Wildman–Crippen MR) is 123 cm³/mol. The number of primary amides is 1. The molecule has 0 atom stereocenters. The first-order valence-corrected chi connectivity index (χ1v) is 11.9. The summed E-state index contributed by atoms with van der Waals surface area (Å²) in [4.78, 5) is 15.9. The van der Waals surface area contributed by atoms with E-state index >= 15 is 0 Å². The number of aryl methyl sites for hydroxylation is 1. The van der Waals surface area contributed by atoms with E-state index in [4.69, 9.17) is 10.7 Å². The molecule has 4 rings (SSSR count). The smallest absolute Gasteiger partial charge is 0.248 e. The number of tetrazole rings is 1. The minimum absolute atomic E-state index is 0.434. The van der Waals surface area contributed by atoms with Crippen LogP contribution in [0.1, 0.15) is 41.4 Å². The summed E-state index contributed by atoms with van der Waals surface area (Å²) in [7, 11) is 0. The Bertz CT molecular complexity index is 1150. The van der Waals surface area contributed by atoms with E-state index in [0.717, 1.165) is 33.5 Å². The van der Waals surface area contributed by atoms with Gasteiger partial charge in [0.05, 0.1) is 11.4 Å². The number of hydrogen-bond donors (Lipinski definition) is 1. The van der Waals surface area contributed by atoms with Crippen molar-refractivity contribution in [3.63, 3.8) is 0 Å². The molecule has 0 aliphatic heterocycles. The minimum atomic E-state index is -0.434. The van der Waals surface area contributed by atoms with Gasteiger partial charge in [-0.2, -0.15) is 4.68 Å². The maximum Gasteiger partial charge on any atom is 0.248 e. The standard InChI is InChI=1S/C22H22N6OS2/c1-2-3-4-15-5-11-19(12-6-15)28-22(25-26-27-28)31-14-18-13-30-21(24-18)17-9-7-16(8-10-17)20(23)29/h5-13H,2-4,14H2,1H3,(H2,23,29). The number of unbranched alkanes of at least 4 members (excludes halogenated alkanes) is 1. The first kappa shape index (κ1) is 21.2. The predicted octanol–water partition coefficient (Wildman–Crippen LogP) is 4.52. The average molecular weight is 451 g/mol. The van der Waals surface area contributed by atoms with Crippen LogP contribution in [0, 0.1) is 0 Å². The van der Waals surface area contributed by atoms with Crippen molar-refractivity contribution in [2.24, 2.45) is 5.73 Å². The summed E-state index contributed by atoms with van der Waals surface area (Å²) in [6, 6.07) is 15.5. The van der Waals surface area contributed by atoms with Gasteiger partial charge in [0, 0.05) is 22.3 Å². The first-order chi connectivity index (χ1) is 15.1. The molecule has 0 unspecified atom stereocenters. The van der Waals surface area contributed by atoms with Crippen LogP contribution in [-0.4, -0.2) is 31.1 Å². The molecule has 7 nitrogen and oxygen atoms in total. The lowest BCUT2D eigenvalue weighted by Crippen LogP contribution is -2.10. The zero-order valence-corrected chi connectivity index (χ0v) is 18.7. The summed E-state index contributed by atoms with van der Waals surface area (Å²) in [5.41, 5.74) is 9.97. The molecule has 0 spiro atoms. The average Bonchev–Trinajstić information content (AvgIpc) is 3.46. The van der Waals surface area contributed by atoms with E-state index < -0.39 is 5.91 Å². The van der Waals surface area contributed by atoms with Gasteiger partial charge < -0.3 is 5.73 Å². The van der Waals surface area contributed by atoms with Crippen LogP contribution in [0.3, 0.4) is 0 Å². The van der Waals surface area contributed by atoms with E-state index in [2.05, 4.69) is 46.7 Å². The molecular formula is C22H22N6OS2. The van der Waals surface area contributed by atoms with Gasteiger partial charge >= 0.3 is 0 Å². The number of benzene rings is 2. The lowest BCUT2D eigenvalue weighted by atomic mass is 10.1. The highest BCUT2D eigenvalue weighted by Gasteiger charge is 2.12. The summed E-state index contributed by atoms with van der Waals surface area (Å²) < 4.78 is 1.75. The molecule has 0 aliphatic rings. The summed E-state index contributed by atoms with van der Waals surface area (Å²) >= 11 is 3.11. The topological polar surface area (TPSA) is 99.6 Å². The fourth-order valence-electron chi connectivity index (χ4n) is 3.04. The van der Waals surface area contributed by atoms with Crippen LogP contribution in [0.4, 0.5) is 0 Å². The number of aromatic nitrogens is 5. The minimum Gasteiger partial charge on any atom is -0.366 e. The number of carbonyl (C=O) groups is 1. The summed E-state index contributed by atoms with van der Waals surface area (Å²) in [6.45, 7) is 2.20. The zero-order chi connectivity index (χ0) is 21.6. The highest BCUT2D eigenvalue weighted by molar-refractivity contribution is 7.98. The molecular weight excluding hydrogens is 428 g/mol. The van der Waals surface area contributed by atoms with Crippen molar-refractivity contribution >= 4 is 29.0 Å². The second-order valence-electron chi connectivity index (χ2n) is 7.02. The monoisotopic (exact) mass is 450 g/mol. The molecule has 4 aromatic rings. The number of nitrogens with two attached hydrogens (primary N) is 1. The molecule has 0 bridgehead atoms. The van der Waals surface area contributed by atoms with Gasteiger partial charge in [-0.1, -0.05) is 49.4 Å². The van der Waals surface area contributed by atoms with Crippen molar-refractivity contribution in [1.29, 1.82) is 0 Å². The van der Waals surface area contributed by atoms with Crippen LogP contribution < -0.4 is 5.73 Å². The third-order valence-corrected chi connectivity index (χ3v) is 6.65. The SMILES string of the molecule is CCCCc1ccc(-n2nnnc2SCc2csc(-c3ccc(C(N)=O)cc3)n2)cc1. The van der Waals surface area contributed by atoms with Crippen molar-refractivity contribution in [1.82, 2.24) is 25.2 Å². The lowest BCUT2D eigenvalue weighted by molar-refractivity contribution is 0.100. The molecule has 158 valence electrons. The van der Waals surface area contributed by atoms with Crippen molar-refractivity contribution < 1.29 is 4.79 Å². The van der Waals surface area contributed by atoms with E-state index in [1.54, 1.807) is 39.9 Å². The Morgan fingerprint density at radius 1 is 1.13 bits per heavy atom. The summed E-state index contributed by atoms with van der Waals surface area (Å²) in [6.07, 6.45) is 3.47.